The molecule has 0 saturated carbocycles. The van der Waals surface area contributed by atoms with Crippen molar-refractivity contribution >= 4 is 35.8 Å². The van der Waals surface area contributed by atoms with Crippen molar-refractivity contribution in [2.45, 2.75) is 77.3 Å². The van der Waals surface area contributed by atoms with Crippen LogP contribution in [0.15, 0.2) is 0 Å². The van der Waals surface area contributed by atoms with Crippen LogP contribution in [0.4, 0.5) is 0 Å². The molecule has 198 valence electrons. The summed E-state index contributed by atoms with van der Waals surface area (Å²) in [6.07, 6.45) is -6.22. The molecular formula is C21H31NO13. The lowest BCUT2D eigenvalue weighted by atomic mass is 9.88. The molecule has 14 heteroatoms. The Morgan fingerprint density at radius 3 is 1.94 bits per heavy atom. The first-order chi connectivity index (χ1) is 16.3. The van der Waals surface area contributed by atoms with Crippen molar-refractivity contribution in [3.8, 4) is 0 Å². The highest BCUT2D eigenvalue weighted by Gasteiger charge is 2.58. The molecule has 1 aliphatic heterocycles. The molecule has 1 aliphatic rings. The second-order valence-corrected chi connectivity index (χ2v) is 7.63. The molecule has 0 spiro atoms. The van der Waals surface area contributed by atoms with E-state index in [0.29, 0.717) is 0 Å². The van der Waals surface area contributed by atoms with E-state index in [0.717, 1.165) is 41.9 Å². The number of carbonyl (C=O) groups excluding carboxylic acids is 6. The molecule has 0 radical (unpaired) electrons. The van der Waals surface area contributed by atoms with Gasteiger partial charge in [0, 0.05) is 41.7 Å². The van der Waals surface area contributed by atoms with Gasteiger partial charge in [-0.3, -0.25) is 24.0 Å². The first-order valence-corrected chi connectivity index (χ1v) is 10.5. The van der Waals surface area contributed by atoms with E-state index in [-0.39, 0.29) is 0 Å². The van der Waals surface area contributed by atoms with Gasteiger partial charge in [-0.1, -0.05) is 0 Å². The molecule has 1 unspecified atom stereocenters. The van der Waals surface area contributed by atoms with Gasteiger partial charge < -0.3 is 38.5 Å². The van der Waals surface area contributed by atoms with Gasteiger partial charge in [-0.2, -0.15) is 0 Å². The molecule has 0 aromatic heterocycles. The topological polar surface area (TPSA) is 179 Å². The number of amides is 1. The van der Waals surface area contributed by atoms with Crippen LogP contribution in [0.2, 0.25) is 0 Å². The second kappa shape index (κ2) is 13.0. The average molecular weight is 505 g/mol. The first kappa shape index (κ1) is 29.8. The van der Waals surface area contributed by atoms with Crippen LogP contribution >= 0.6 is 0 Å². The summed E-state index contributed by atoms with van der Waals surface area (Å²) < 4.78 is 36.9. The van der Waals surface area contributed by atoms with Crippen LogP contribution in [0, 0.1) is 0 Å². The Morgan fingerprint density at radius 1 is 0.914 bits per heavy atom. The Hall–Kier alpha value is -3.26. The van der Waals surface area contributed by atoms with E-state index >= 15 is 0 Å². The van der Waals surface area contributed by atoms with Crippen molar-refractivity contribution < 1.29 is 61.9 Å². The molecule has 6 atom stereocenters. The lowest BCUT2D eigenvalue weighted by molar-refractivity contribution is -0.307. The lowest BCUT2D eigenvalue weighted by Gasteiger charge is -2.48. The minimum absolute atomic E-state index is 0.411. The molecule has 0 aromatic carbocycles. The Labute approximate surface area is 201 Å². The molecule has 0 bridgehead atoms. The van der Waals surface area contributed by atoms with E-state index in [4.69, 9.17) is 33.2 Å². The number of ether oxygens (including phenoxy) is 7. The molecule has 1 heterocycles. The molecule has 35 heavy (non-hydrogen) atoms. The number of methoxy groups -OCH3 is 2. The normalized spacial score (nSPS) is 25.3. The molecular weight excluding hydrogens is 474 g/mol. The van der Waals surface area contributed by atoms with Gasteiger partial charge in [0.25, 0.3) is 5.79 Å². The zero-order chi connectivity index (χ0) is 26.9. The van der Waals surface area contributed by atoms with Crippen molar-refractivity contribution in [2.24, 2.45) is 0 Å². The second-order valence-electron chi connectivity index (χ2n) is 7.63. The Kier molecular flexibility index (Phi) is 11.1. The van der Waals surface area contributed by atoms with Gasteiger partial charge in [0.2, 0.25) is 5.91 Å². The van der Waals surface area contributed by atoms with Crippen molar-refractivity contribution in [1.82, 2.24) is 5.32 Å². The van der Waals surface area contributed by atoms with Crippen LogP contribution in [-0.2, 0) is 61.9 Å². The van der Waals surface area contributed by atoms with Crippen molar-refractivity contribution in [3.63, 3.8) is 0 Å². The molecule has 1 N–H and O–H groups in total. The van der Waals surface area contributed by atoms with E-state index in [1.165, 1.54) is 6.92 Å². The van der Waals surface area contributed by atoms with E-state index in [1.807, 2.05) is 0 Å². The number of hydrogen-bond acceptors (Lipinski definition) is 13. The quantitative estimate of drug-likeness (QED) is 0.287. The van der Waals surface area contributed by atoms with Gasteiger partial charge in [-0.05, 0) is 0 Å². The SMILES string of the molecule is COC(=O)[C@@]1(OC)C[C@@H](OC(C)=O)[C@@H](NC(C)=O)C([C@H](OC(C)=O)[C@@H](COC(C)=O)OC(C)=O)O1. The molecule has 14 nitrogen and oxygen atoms in total. The van der Waals surface area contributed by atoms with E-state index < -0.39 is 85.0 Å². The summed E-state index contributed by atoms with van der Waals surface area (Å²) in [6.45, 7) is 4.92. The molecule has 1 rings (SSSR count). The van der Waals surface area contributed by atoms with Gasteiger partial charge in [0.1, 0.15) is 18.8 Å². The average Bonchev–Trinajstić information content (AvgIpc) is 2.74. The summed E-state index contributed by atoms with van der Waals surface area (Å²) in [5, 5.41) is 2.54. The minimum Gasteiger partial charge on any atom is -0.465 e. The van der Waals surface area contributed by atoms with Gasteiger partial charge in [0.05, 0.1) is 19.6 Å². The van der Waals surface area contributed by atoms with Crippen molar-refractivity contribution in [2.75, 3.05) is 20.8 Å². The summed E-state index contributed by atoms with van der Waals surface area (Å²) in [5.41, 5.74) is 0. The molecule has 0 aromatic rings. The van der Waals surface area contributed by atoms with Crippen LogP contribution in [-0.4, -0.2) is 92.8 Å². The maximum atomic E-state index is 12.7. The zero-order valence-electron chi connectivity index (χ0n) is 20.6. The van der Waals surface area contributed by atoms with Crippen LogP contribution in [0.5, 0.6) is 0 Å². The number of hydrogen-bond donors (Lipinski definition) is 1. The highest BCUT2D eigenvalue weighted by molar-refractivity contribution is 5.79. The fraction of sp³-hybridized carbons (Fsp3) is 0.714. The number of carbonyl (C=O) groups is 6. The van der Waals surface area contributed by atoms with Gasteiger partial charge in [-0.15, -0.1) is 0 Å². The fourth-order valence-corrected chi connectivity index (χ4v) is 3.61. The first-order valence-electron chi connectivity index (χ1n) is 10.5. The summed E-state index contributed by atoms with van der Waals surface area (Å²) in [6, 6.07) is -1.23. The predicted molar refractivity (Wildman–Crippen MR) is 112 cm³/mol. The molecule has 0 aliphatic carbocycles. The Balaban J connectivity index is 3.72. The smallest absolute Gasteiger partial charge is 0.366 e. The summed E-state index contributed by atoms with van der Waals surface area (Å²) in [4.78, 5) is 71.8. The van der Waals surface area contributed by atoms with Crippen LogP contribution in [0.25, 0.3) is 0 Å². The van der Waals surface area contributed by atoms with E-state index in [2.05, 4.69) is 5.32 Å². The summed E-state index contributed by atoms with van der Waals surface area (Å²) in [5.74, 6) is -6.96. The van der Waals surface area contributed by atoms with E-state index in [9.17, 15) is 28.8 Å². The van der Waals surface area contributed by atoms with Crippen LogP contribution in [0.3, 0.4) is 0 Å². The zero-order valence-corrected chi connectivity index (χ0v) is 20.6. The largest absolute Gasteiger partial charge is 0.465 e. The maximum Gasteiger partial charge on any atom is 0.366 e. The third kappa shape index (κ3) is 8.47. The standard InChI is InChI=1S/C21H31NO13/c1-10(23)22-17-15(32-12(3)25)8-21(30-7,20(28)29-6)35-19(17)18(34-14(5)27)16(33-13(4)26)9-31-11(2)24/h15-19H,8-9H2,1-7H3,(H,22,23)/t15-,16-,17-,18-,19?,21-/m1/s1. The maximum absolute atomic E-state index is 12.7. The van der Waals surface area contributed by atoms with Gasteiger partial charge >= 0.3 is 29.8 Å². The Bertz CT molecular complexity index is 828. The summed E-state index contributed by atoms with van der Waals surface area (Å²) in [7, 11) is 2.19. The third-order valence-corrected chi connectivity index (χ3v) is 4.82. The van der Waals surface area contributed by atoms with Crippen LogP contribution < -0.4 is 5.32 Å². The highest BCUT2D eigenvalue weighted by Crippen LogP contribution is 2.36. The molecule has 1 saturated heterocycles. The van der Waals surface area contributed by atoms with Gasteiger partial charge in [-0.25, -0.2) is 4.79 Å². The molecule has 1 fully saturated rings. The summed E-state index contributed by atoms with van der Waals surface area (Å²) >= 11 is 0. The van der Waals surface area contributed by atoms with Crippen LogP contribution in [0.1, 0.15) is 41.0 Å². The van der Waals surface area contributed by atoms with E-state index in [1.54, 1.807) is 0 Å². The fourth-order valence-electron chi connectivity index (χ4n) is 3.61. The van der Waals surface area contributed by atoms with Gasteiger partial charge in [0.15, 0.2) is 12.2 Å². The number of nitrogens with one attached hydrogen (secondary N) is 1. The predicted octanol–water partition coefficient (Wildman–Crippen LogP) is -0.846. The monoisotopic (exact) mass is 505 g/mol. The number of rotatable bonds is 10. The minimum atomic E-state index is -2.17. The third-order valence-electron chi connectivity index (χ3n) is 4.82. The van der Waals surface area contributed by atoms with Crippen molar-refractivity contribution in [1.29, 1.82) is 0 Å². The Morgan fingerprint density at radius 2 is 1.51 bits per heavy atom. The lowest BCUT2D eigenvalue weighted by Crippen LogP contribution is -2.69. The van der Waals surface area contributed by atoms with Crippen molar-refractivity contribution in [3.05, 3.63) is 0 Å². The molecule has 1 amide bonds. The number of esters is 5. The highest BCUT2D eigenvalue weighted by atomic mass is 16.7.